The minimum Gasteiger partial charge on any atom is -0.361 e. The summed E-state index contributed by atoms with van der Waals surface area (Å²) in [5, 5.41) is 4.50. The predicted molar refractivity (Wildman–Crippen MR) is 174 cm³/mol. The lowest BCUT2D eigenvalue weighted by molar-refractivity contribution is -0.134. The molecule has 0 bridgehead atoms. The highest BCUT2D eigenvalue weighted by Gasteiger charge is 2.60. The van der Waals surface area contributed by atoms with Crippen molar-refractivity contribution >= 4 is 67.9 Å². The second-order valence-electron chi connectivity index (χ2n) is 11.4. The van der Waals surface area contributed by atoms with Gasteiger partial charge in [-0.25, -0.2) is 0 Å². The van der Waals surface area contributed by atoms with Crippen molar-refractivity contribution < 1.29 is 14.4 Å². The third-order valence-corrected chi connectivity index (χ3v) is 10.5. The molecule has 3 aromatic carbocycles. The molecule has 7 nitrogen and oxygen atoms in total. The summed E-state index contributed by atoms with van der Waals surface area (Å²) in [6.45, 7) is 4.80. The van der Waals surface area contributed by atoms with Crippen LogP contribution in [-0.2, 0) is 20.9 Å². The SMILES string of the molecule is CC(=O)N[C@@H]1CCN(C(=O)[C@]2(Sc3ccc(C)cc3)CC(=O)N(Cc3ccc(Br)cc3)[C@H]2c2c[nH]c3cc(Cl)ccc23)C1. The van der Waals surface area contributed by atoms with E-state index in [0.717, 1.165) is 37.0 Å². The summed E-state index contributed by atoms with van der Waals surface area (Å²) in [6.07, 6.45) is 2.64. The number of benzene rings is 3. The Morgan fingerprint density at radius 3 is 2.58 bits per heavy atom. The fraction of sp³-hybridized carbons (Fsp3) is 0.303. The van der Waals surface area contributed by atoms with Gasteiger partial charge in [0, 0.05) is 69.7 Å². The zero-order chi connectivity index (χ0) is 30.3. The van der Waals surface area contributed by atoms with E-state index in [1.165, 1.54) is 18.7 Å². The number of rotatable bonds is 7. The largest absolute Gasteiger partial charge is 0.361 e. The standard InChI is InChI=1S/C33H32BrClN4O3S/c1-20-3-10-26(11-4-20)43-33(32(42)38-14-13-25(19-38)37-21(2)40)16-30(41)39(18-22-5-7-23(34)8-6-22)31(33)28-17-36-29-15-24(35)9-12-27(28)29/h3-12,15,17,25,31,36H,13-14,16,18-19H2,1-2H3,(H,37,40)/t25-,31+,33+/m1/s1. The molecule has 2 saturated heterocycles. The van der Waals surface area contributed by atoms with Crippen LogP contribution in [0, 0.1) is 6.92 Å². The first-order valence-corrected chi connectivity index (χ1v) is 16.2. The maximum atomic E-state index is 14.9. The van der Waals surface area contributed by atoms with Crippen LogP contribution in [0.1, 0.15) is 42.5 Å². The van der Waals surface area contributed by atoms with Crippen molar-refractivity contribution in [1.29, 1.82) is 0 Å². The van der Waals surface area contributed by atoms with Gasteiger partial charge in [0.05, 0.1) is 12.5 Å². The van der Waals surface area contributed by atoms with Crippen molar-refractivity contribution in [2.45, 2.75) is 55.0 Å². The van der Waals surface area contributed by atoms with Gasteiger partial charge in [-0.15, -0.1) is 11.8 Å². The Bertz CT molecular complexity index is 1690. The van der Waals surface area contributed by atoms with E-state index in [9.17, 15) is 14.4 Å². The Kier molecular flexibility index (Phi) is 8.33. The van der Waals surface area contributed by atoms with Crippen molar-refractivity contribution in [3.8, 4) is 0 Å². The number of aryl methyl sites for hydroxylation is 1. The van der Waals surface area contributed by atoms with E-state index in [4.69, 9.17) is 11.6 Å². The Hall–Kier alpha value is -3.27. The maximum Gasteiger partial charge on any atom is 0.242 e. The third kappa shape index (κ3) is 5.95. The van der Waals surface area contributed by atoms with Crippen LogP contribution in [0.2, 0.25) is 5.02 Å². The van der Waals surface area contributed by atoms with Gasteiger partial charge in [-0.05, 0) is 55.3 Å². The minimum atomic E-state index is -1.15. The molecule has 43 heavy (non-hydrogen) atoms. The Morgan fingerprint density at radius 2 is 1.86 bits per heavy atom. The molecule has 3 heterocycles. The van der Waals surface area contributed by atoms with Crippen molar-refractivity contribution in [2.24, 2.45) is 0 Å². The van der Waals surface area contributed by atoms with E-state index in [2.05, 4.69) is 26.2 Å². The van der Waals surface area contributed by atoms with Crippen LogP contribution < -0.4 is 5.32 Å². The number of likely N-dealkylation sites (tertiary alicyclic amines) is 2. The minimum absolute atomic E-state index is 0.0487. The van der Waals surface area contributed by atoms with Gasteiger partial charge in [-0.1, -0.05) is 63.4 Å². The van der Waals surface area contributed by atoms with E-state index in [1.54, 1.807) is 0 Å². The lowest BCUT2D eigenvalue weighted by Crippen LogP contribution is -2.50. The van der Waals surface area contributed by atoms with E-state index in [0.29, 0.717) is 31.1 Å². The average molecular weight is 680 g/mol. The van der Waals surface area contributed by atoms with Crippen LogP contribution in [0.25, 0.3) is 10.9 Å². The number of halogens is 2. The van der Waals surface area contributed by atoms with Crippen LogP contribution in [-0.4, -0.2) is 56.4 Å². The van der Waals surface area contributed by atoms with Crippen molar-refractivity contribution in [3.05, 3.63) is 99.1 Å². The third-order valence-electron chi connectivity index (χ3n) is 8.29. The summed E-state index contributed by atoms with van der Waals surface area (Å²) in [5.74, 6) is -0.289. The first kappa shape index (κ1) is 29.8. The summed E-state index contributed by atoms with van der Waals surface area (Å²) in [4.78, 5) is 48.9. The first-order chi connectivity index (χ1) is 20.6. The van der Waals surface area contributed by atoms with Crippen LogP contribution in [0.5, 0.6) is 0 Å². The van der Waals surface area contributed by atoms with Gasteiger partial charge < -0.3 is 20.1 Å². The molecule has 2 aliphatic heterocycles. The molecule has 222 valence electrons. The number of carbonyl (C=O) groups excluding carboxylic acids is 3. The number of hydrogen-bond acceptors (Lipinski definition) is 4. The van der Waals surface area contributed by atoms with Crippen LogP contribution in [0.4, 0.5) is 0 Å². The Balaban J connectivity index is 1.50. The first-order valence-electron chi connectivity index (χ1n) is 14.3. The molecule has 6 rings (SSSR count). The van der Waals surface area contributed by atoms with E-state index >= 15 is 0 Å². The predicted octanol–water partition coefficient (Wildman–Crippen LogP) is 6.63. The van der Waals surface area contributed by atoms with Crippen molar-refractivity contribution in [1.82, 2.24) is 20.1 Å². The lowest BCUT2D eigenvalue weighted by Gasteiger charge is -2.38. The molecule has 1 aromatic heterocycles. The average Bonchev–Trinajstić information content (AvgIpc) is 3.67. The van der Waals surface area contributed by atoms with Gasteiger partial charge in [0.2, 0.25) is 17.7 Å². The number of aromatic amines is 1. The molecule has 4 aromatic rings. The molecule has 2 fully saturated rings. The Morgan fingerprint density at radius 1 is 1.12 bits per heavy atom. The number of aromatic nitrogens is 1. The maximum absolute atomic E-state index is 14.9. The quantitative estimate of drug-likeness (QED) is 0.230. The summed E-state index contributed by atoms with van der Waals surface area (Å²) < 4.78 is -0.196. The van der Waals surface area contributed by atoms with Crippen molar-refractivity contribution in [2.75, 3.05) is 13.1 Å². The summed E-state index contributed by atoms with van der Waals surface area (Å²) in [6, 6.07) is 21.0. The molecule has 2 N–H and O–H groups in total. The normalized spacial score (nSPS) is 22.0. The molecular formula is C33H32BrClN4O3S. The topological polar surface area (TPSA) is 85.5 Å². The number of amides is 3. The molecule has 3 atom stereocenters. The number of nitrogens with zero attached hydrogens (tertiary/aromatic N) is 2. The van der Waals surface area contributed by atoms with Crippen LogP contribution >= 0.6 is 39.3 Å². The van der Waals surface area contributed by atoms with E-state index in [-0.39, 0.29) is 30.2 Å². The monoisotopic (exact) mass is 678 g/mol. The zero-order valence-corrected chi connectivity index (χ0v) is 27.1. The highest BCUT2D eigenvalue weighted by Crippen LogP contribution is 2.55. The van der Waals surface area contributed by atoms with Gasteiger partial charge in [0.15, 0.2) is 0 Å². The van der Waals surface area contributed by atoms with Gasteiger partial charge in [0.1, 0.15) is 4.75 Å². The van der Waals surface area contributed by atoms with Crippen LogP contribution in [0.15, 0.2) is 82.3 Å². The Labute approximate surface area is 268 Å². The highest BCUT2D eigenvalue weighted by molar-refractivity contribution is 9.10. The van der Waals surface area contributed by atoms with E-state index < -0.39 is 10.8 Å². The second kappa shape index (κ2) is 12.0. The van der Waals surface area contributed by atoms with Gasteiger partial charge in [-0.3, -0.25) is 14.4 Å². The summed E-state index contributed by atoms with van der Waals surface area (Å²) in [7, 11) is 0. The van der Waals surface area contributed by atoms with Gasteiger partial charge in [0.25, 0.3) is 0 Å². The number of H-pyrrole nitrogens is 1. The number of fused-ring (bicyclic) bond motifs is 1. The zero-order valence-electron chi connectivity index (χ0n) is 23.9. The fourth-order valence-electron chi connectivity index (χ4n) is 6.31. The smallest absolute Gasteiger partial charge is 0.242 e. The summed E-state index contributed by atoms with van der Waals surface area (Å²) >= 11 is 11.3. The second-order valence-corrected chi connectivity index (χ2v) is 14.2. The fourth-order valence-corrected chi connectivity index (χ4v) is 8.22. The summed E-state index contributed by atoms with van der Waals surface area (Å²) in [5.41, 5.74) is 3.81. The molecule has 0 unspecified atom stereocenters. The number of carbonyl (C=O) groups is 3. The molecule has 0 aliphatic carbocycles. The molecule has 0 saturated carbocycles. The van der Waals surface area contributed by atoms with E-state index in [1.807, 2.05) is 89.7 Å². The van der Waals surface area contributed by atoms with Crippen LogP contribution in [0.3, 0.4) is 0 Å². The molecule has 0 spiro atoms. The number of nitrogens with one attached hydrogen (secondary N) is 2. The molecule has 10 heteroatoms. The lowest BCUT2D eigenvalue weighted by atomic mass is 9.90. The van der Waals surface area contributed by atoms with Crippen molar-refractivity contribution in [3.63, 3.8) is 0 Å². The van der Waals surface area contributed by atoms with Gasteiger partial charge >= 0.3 is 0 Å². The van der Waals surface area contributed by atoms with Gasteiger partial charge in [-0.2, -0.15) is 0 Å². The molecule has 2 aliphatic rings. The molecule has 0 radical (unpaired) electrons. The number of thioether (sulfide) groups is 1. The molecular weight excluding hydrogens is 648 g/mol. The molecule has 3 amide bonds. The highest BCUT2D eigenvalue weighted by atomic mass is 79.9. The number of hydrogen-bond donors (Lipinski definition) is 2.